The lowest BCUT2D eigenvalue weighted by Gasteiger charge is -2.70. The third-order valence-corrected chi connectivity index (χ3v) is 7.23. The lowest BCUT2D eigenvalue weighted by molar-refractivity contribution is -0.259. The van der Waals surface area contributed by atoms with Crippen molar-refractivity contribution in [2.75, 3.05) is 0 Å². The van der Waals surface area contributed by atoms with Crippen molar-refractivity contribution in [3.8, 4) is 0 Å². The summed E-state index contributed by atoms with van der Waals surface area (Å²) in [5.74, 6) is 2.51. The van der Waals surface area contributed by atoms with E-state index in [4.69, 9.17) is 11.6 Å². The third-order valence-electron chi connectivity index (χ3n) is 6.77. The van der Waals surface area contributed by atoms with E-state index in [0.29, 0.717) is 36.0 Å². The minimum atomic E-state index is -0.613. The quantitative estimate of drug-likeness (QED) is 0.719. The summed E-state index contributed by atoms with van der Waals surface area (Å²) in [5.41, 5.74) is -0.613. The van der Waals surface area contributed by atoms with Crippen molar-refractivity contribution in [1.29, 1.82) is 0 Å². The summed E-state index contributed by atoms with van der Waals surface area (Å²) in [5, 5.41) is 21.3. The maximum absolute atomic E-state index is 11.2. The molecule has 5 saturated carbocycles. The molecule has 2 N–H and O–H groups in total. The van der Waals surface area contributed by atoms with E-state index in [-0.39, 0.29) is 11.0 Å². The first-order chi connectivity index (χ1) is 8.47. The molecule has 0 aromatic carbocycles. The number of rotatable bonds is 1. The molecular formula is C15H23ClO2. The van der Waals surface area contributed by atoms with Gasteiger partial charge in [-0.05, 0) is 55.3 Å². The highest BCUT2D eigenvalue weighted by molar-refractivity contribution is 6.24. The summed E-state index contributed by atoms with van der Waals surface area (Å²) >= 11 is 6.79. The van der Waals surface area contributed by atoms with Crippen LogP contribution < -0.4 is 0 Å². The summed E-state index contributed by atoms with van der Waals surface area (Å²) in [6.45, 7) is 2.25. The van der Waals surface area contributed by atoms with E-state index in [0.717, 1.165) is 32.1 Å². The minimum absolute atomic E-state index is 0.0311. The van der Waals surface area contributed by atoms with E-state index in [1.165, 1.54) is 0 Å². The van der Waals surface area contributed by atoms with E-state index in [9.17, 15) is 10.2 Å². The van der Waals surface area contributed by atoms with Gasteiger partial charge in [-0.3, -0.25) is 0 Å². The summed E-state index contributed by atoms with van der Waals surface area (Å²) in [7, 11) is 0. The Morgan fingerprint density at radius 3 is 2.56 bits per heavy atom. The molecule has 0 heterocycles. The summed E-state index contributed by atoms with van der Waals surface area (Å²) in [6, 6.07) is 0. The molecule has 6 bridgehead atoms. The van der Waals surface area contributed by atoms with Crippen molar-refractivity contribution in [3.63, 3.8) is 0 Å². The average molecular weight is 271 g/mol. The minimum Gasteiger partial charge on any atom is -0.393 e. The van der Waals surface area contributed by atoms with Crippen LogP contribution >= 0.6 is 11.6 Å². The first-order valence-electron chi connectivity index (χ1n) is 7.56. The van der Waals surface area contributed by atoms with Crippen molar-refractivity contribution in [1.82, 2.24) is 0 Å². The topological polar surface area (TPSA) is 40.5 Å². The zero-order valence-corrected chi connectivity index (χ0v) is 11.7. The molecule has 0 radical (unpaired) electrons. The van der Waals surface area contributed by atoms with Gasteiger partial charge in [-0.25, -0.2) is 0 Å². The zero-order valence-electron chi connectivity index (χ0n) is 11.0. The van der Waals surface area contributed by atoms with Crippen molar-refractivity contribution >= 4 is 11.6 Å². The summed E-state index contributed by atoms with van der Waals surface area (Å²) in [4.78, 5) is -0.0311. The van der Waals surface area contributed by atoms with Gasteiger partial charge in [0.15, 0.2) is 0 Å². The molecule has 8 atom stereocenters. The number of alkyl halides is 1. The fourth-order valence-electron chi connectivity index (χ4n) is 6.35. The van der Waals surface area contributed by atoms with Crippen LogP contribution in [0.15, 0.2) is 0 Å². The normalized spacial score (nSPS) is 65.3. The fraction of sp³-hybridized carbons (Fsp3) is 1.00. The molecule has 3 heteroatoms. The summed E-state index contributed by atoms with van der Waals surface area (Å²) in [6.07, 6.45) is 5.42. The van der Waals surface area contributed by atoms with Gasteiger partial charge >= 0.3 is 0 Å². The molecule has 102 valence electrons. The molecule has 0 aromatic heterocycles. The Kier molecular flexibility index (Phi) is 2.30. The Labute approximate surface area is 114 Å². The van der Waals surface area contributed by atoms with Crippen LogP contribution in [0, 0.1) is 29.6 Å². The van der Waals surface area contributed by atoms with Crippen molar-refractivity contribution in [3.05, 3.63) is 0 Å². The highest BCUT2D eigenvalue weighted by Gasteiger charge is 2.69. The predicted molar refractivity (Wildman–Crippen MR) is 70.4 cm³/mol. The van der Waals surface area contributed by atoms with Crippen molar-refractivity contribution in [2.45, 2.75) is 62.0 Å². The van der Waals surface area contributed by atoms with Crippen LogP contribution in [0.25, 0.3) is 0 Å². The molecule has 5 rings (SSSR count). The Morgan fingerprint density at radius 1 is 1.11 bits per heavy atom. The molecule has 0 spiro atoms. The standard InChI is InChI=1S/C15H23ClO2/c1-2-9-11-5-14(16)6-12(9)15(18)4-8(17)3-10(11)13(15)7-14/h8-13,17-18H,2-7H2,1H3. The maximum atomic E-state index is 11.2. The fourth-order valence-corrected chi connectivity index (χ4v) is 6.86. The highest BCUT2D eigenvalue weighted by Crippen LogP contribution is 2.70. The Hall–Kier alpha value is 0.210. The van der Waals surface area contributed by atoms with Gasteiger partial charge in [-0.15, -0.1) is 11.6 Å². The second-order valence-electron chi connectivity index (χ2n) is 7.46. The second kappa shape index (κ2) is 3.45. The molecule has 5 aliphatic rings. The number of hydrogen-bond donors (Lipinski definition) is 2. The SMILES string of the molecule is CCC1C2CC3(Cl)CC1C1(O)CC(O)CC2C1C3. The van der Waals surface area contributed by atoms with Crippen molar-refractivity contribution in [2.24, 2.45) is 29.6 Å². The van der Waals surface area contributed by atoms with Crippen LogP contribution in [0.5, 0.6) is 0 Å². The predicted octanol–water partition coefficient (Wildman–Crippen LogP) is 2.55. The first-order valence-corrected chi connectivity index (χ1v) is 7.94. The number of hydrogen-bond acceptors (Lipinski definition) is 2. The lowest BCUT2D eigenvalue weighted by atomic mass is 9.39. The molecule has 5 aliphatic carbocycles. The monoisotopic (exact) mass is 270 g/mol. The van der Waals surface area contributed by atoms with Crippen LogP contribution in [0.2, 0.25) is 0 Å². The van der Waals surface area contributed by atoms with Gasteiger partial charge in [0, 0.05) is 11.3 Å². The van der Waals surface area contributed by atoms with E-state index in [1.807, 2.05) is 0 Å². The Balaban J connectivity index is 1.82. The Bertz CT molecular complexity index is 387. The molecule has 0 aliphatic heterocycles. The maximum Gasteiger partial charge on any atom is 0.0735 e. The van der Waals surface area contributed by atoms with Gasteiger partial charge in [-0.2, -0.15) is 0 Å². The van der Waals surface area contributed by atoms with E-state index < -0.39 is 5.60 Å². The number of aliphatic hydroxyl groups is 2. The van der Waals surface area contributed by atoms with Crippen LogP contribution in [0.1, 0.15) is 45.4 Å². The van der Waals surface area contributed by atoms with Gasteiger partial charge in [0.2, 0.25) is 0 Å². The molecule has 0 saturated heterocycles. The smallest absolute Gasteiger partial charge is 0.0735 e. The molecule has 8 unspecified atom stereocenters. The number of aliphatic hydroxyl groups excluding tert-OH is 1. The Morgan fingerprint density at radius 2 is 1.83 bits per heavy atom. The highest BCUT2D eigenvalue weighted by atomic mass is 35.5. The lowest BCUT2D eigenvalue weighted by Crippen LogP contribution is -2.71. The summed E-state index contributed by atoms with van der Waals surface area (Å²) < 4.78 is 0. The van der Waals surface area contributed by atoms with Gasteiger partial charge in [0.25, 0.3) is 0 Å². The van der Waals surface area contributed by atoms with Gasteiger partial charge in [0.05, 0.1) is 11.7 Å². The third kappa shape index (κ3) is 1.28. The average Bonchev–Trinajstić information content (AvgIpc) is 2.29. The molecule has 0 amide bonds. The molecule has 2 nitrogen and oxygen atoms in total. The van der Waals surface area contributed by atoms with E-state index in [2.05, 4.69) is 6.92 Å². The van der Waals surface area contributed by atoms with Crippen LogP contribution in [0.3, 0.4) is 0 Å². The van der Waals surface area contributed by atoms with Gasteiger partial charge < -0.3 is 10.2 Å². The molecular weight excluding hydrogens is 248 g/mol. The second-order valence-corrected chi connectivity index (χ2v) is 8.26. The number of halogens is 1. The van der Waals surface area contributed by atoms with Gasteiger partial charge in [0.1, 0.15) is 0 Å². The molecule has 18 heavy (non-hydrogen) atoms. The van der Waals surface area contributed by atoms with E-state index >= 15 is 0 Å². The zero-order chi connectivity index (χ0) is 12.7. The van der Waals surface area contributed by atoms with Crippen LogP contribution in [-0.2, 0) is 0 Å². The van der Waals surface area contributed by atoms with Crippen LogP contribution in [0.4, 0.5) is 0 Å². The molecule has 5 fully saturated rings. The largest absolute Gasteiger partial charge is 0.393 e. The first kappa shape index (κ1) is 12.0. The van der Waals surface area contributed by atoms with E-state index in [1.54, 1.807) is 0 Å². The molecule has 0 aromatic rings. The van der Waals surface area contributed by atoms with Gasteiger partial charge in [-0.1, -0.05) is 13.3 Å². The van der Waals surface area contributed by atoms with Crippen LogP contribution in [-0.4, -0.2) is 26.8 Å². The van der Waals surface area contributed by atoms with Crippen molar-refractivity contribution < 1.29 is 10.2 Å².